The van der Waals surface area contributed by atoms with Gasteiger partial charge in [-0.1, -0.05) is 23.8 Å². The fourth-order valence-corrected chi connectivity index (χ4v) is 5.40. The molecule has 0 saturated heterocycles. The van der Waals surface area contributed by atoms with E-state index in [1.165, 1.54) is 32.4 Å². The second-order valence-electron chi connectivity index (χ2n) is 8.56. The molecule has 1 amide bonds. The number of nitrogens with one attached hydrogen (secondary N) is 1. The first-order valence-corrected chi connectivity index (χ1v) is 13.2. The van der Waals surface area contributed by atoms with Crippen LogP contribution in [0.4, 0.5) is 5.69 Å². The molecule has 1 N–H and O–H groups in total. The zero-order valence-corrected chi connectivity index (χ0v) is 22.0. The Morgan fingerprint density at radius 3 is 2.30 bits per heavy atom. The summed E-state index contributed by atoms with van der Waals surface area (Å²) >= 11 is 0. The molecule has 1 heterocycles. The van der Waals surface area contributed by atoms with Gasteiger partial charge >= 0.3 is 0 Å². The topological polar surface area (TPSA) is 103 Å². The zero-order chi connectivity index (χ0) is 26.6. The van der Waals surface area contributed by atoms with Crippen molar-refractivity contribution < 1.29 is 32.2 Å². The van der Waals surface area contributed by atoms with Crippen molar-refractivity contribution in [2.45, 2.75) is 24.8 Å². The molecule has 1 unspecified atom stereocenters. The van der Waals surface area contributed by atoms with Crippen molar-refractivity contribution in [2.24, 2.45) is 0 Å². The number of hydrogen-bond acceptors (Lipinski definition) is 7. The number of anilines is 1. The molecule has 4 rings (SSSR count). The van der Waals surface area contributed by atoms with Gasteiger partial charge in [0.05, 0.1) is 30.8 Å². The van der Waals surface area contributed by atoms with Crippen LogP contribution in [0.5, 0.6) is 23.0 Å². The molecule has 3 aromatic carbocycles. The number of sulfonamides is 1. The van der Waals surface area contributed by atoms with Crippen molar-refractivity contribution in [3.63, 3.8) is 0 Å². The van der Waals surface area contributed by atoms with Crippen molar-refractivity contribution in [3.8, 4) is 23.0 Å². The summed E-state index contributed by atoms with van der Waals surface area (Å²) in [4.78, 5) is 13.1. The van der Waals surface area contributed by atoms with E-state index in [-0.39, 0.29) is 10.6 Å². The van der Waals surface area contributed by atoms with Gasteiger partial charge in [0.2, 0.25) is 5.91 Å². The molecule has 1 aliphatic rings. The maximum atomic E-state index is 13.8. The summed E-state index contributed by atoms with van der Waals surface area (Å²) in [5.74, 6) is 1.47. The summed E-state index contributed by atoms with van der Waals surface area (Å²) in [6, 6.07) is 16.3. The van der Waals surface area contributed by atoms with Crippen LogP contribution in [0.2, 0.25) is 0 Å². The van der Waals surface area contributed by atoms with E-state index in [1.807, 2.05) is 26.0 Å². The van der Waals surface area contributed by atoms with Crippen molar-refractivity contribution >= 4 is 21.6 Å². The molecule has 196 valence electrons. The van der Waals surface area contributed by atoms with Crippen LogP contribution in [-0.2, 0) is 14.8 Å². The molecule has 1 aliphatic heterocycles. The number of ether oxygens (including phenoxy) is 4. The van der Waals surface area contributed by atoms with Gasteiger partial charge < -0.3 is 24.3 Å². The number of nitrogens with zero attached hydrogens (tertiary/aromatic N) is 1. The number of fused-ring (bicyclic) bond motifs is 1. The van der Waals surface area contributed by atoms with Gasteiger partial charge in [0.15, 0.2) is 23.0 Å². The fraction of sp³-hybridized carbons (Fsp3) is 0.296. The van der Waals surface area contributed by atoms with E-state index in [4.69, 9.17) is 18.9 Å². The second-order valence-corrected chi connectivity index (χ2v) is 10.4. The number of methoxy groups -OCH3 is 2. The zero-order valence-electron chi connectivity index (χ0n) is 21.2. The van der Waals surface area contributed by atoms with Crippen molar-refractivity contribution in [2.75, 3.05) is 38.3 Å². The number of carbonyl (C=O) groups is 1. The Labute approximate surface area is 217 Å². The minimum Gasteiger partial charge on any atom is -0.493 e. The van der Waals surface area contributed by atoms with E-state index in [9.17, 15) is 13.2 Å². The Balaban J connectivity index is 1.60. The first-order chi connectivity index (χ1) is 17.7. The number of carbonyl (C=O) groups excluding carboxylic acids is 1. The molecule has 0 bridgehead atoms. The highest BCUT2D eigenvalue weighted by Crippen LogP contribution is 2.34. The molecule has 0 radical (unpaired) electrons. The average molecular weight is 527 g/mol. The Hall–Kier alpha value is -3.92. The van der Waals surface area contributed by atoms with Crippen LogP contribution < -0.4 is 28.6 Å². The van der Waals surface area contributed by atoms with Crippen molar-refractivity contribution in [1.82, 2.24) is 5.32 Å². The highest BCUT2D eigenvalue weighted by Gasteiger charge is 2.29. The monoisotopic (exact) mass is 526 g/mol. The molecule has 10 heteroatoms. The molecule has 0 fully saturated rings. The Morgan fingerprint density at radius 1 is 0.946 bits per heavy atom. The molecule has 9 nitrogen and oxygen atoms in total. The van der Waals surface area contributed by atoms with Gasteiger partial charge in [-0.25, -0.2) is 8.42 Å². The fourth-order valence-electron chi connectivity index (χ4n) is 3.96. The standard InChI is InChI=1S/C27H30N2O7S/c1-18-5-8-21(9-6-18)29(37(31,32)22-10-12-23(33-3)25(16-22)34-4)17-27(30)28-19(2)20-7-11-24-26(15-20)36-14-13-35-24/h5-12,15-16,19H,13-14,17H2,1-4H3,(H,28,30). The lowest BCUT2D eigenvalue weighted by atomic mass is 10.1. The van der Waals surface area contributed by atoms with E-state index in [0.29, 0.717) is 36.1 Å². The quantitative estimate of drug-likeness (QED) is 0.452. The summed E-state index contributed by atoms with van der Waals surface area (Å²) in [5, 5.41) is 2.89. The van der Waals surface area contributed by atoms with Crippen LogP contribution in [0.3, 0.4) is 0 Å². The molecular formula is C27H30N2O7S. The molecule has 0 saturated carbocycles. The predicted octanol–water partition coefficient (Wildman–Crippen LogP) is 3.86. The van der Waals surface area contributed by atoms with Gasteiger partial charge in [-0.05, 0) is 55.8 Å². The maximum absolute atomic E-state index is 13.8. The lowest BCUT2D eigenvalue weighted by molar-refractivity contribution is -0.120. The Kier molecular flexibility index (Phi) is 7.77. The Bertz CT molecular complexity index is 1370. The molecule has 0 spiro atoms. The Morgan fingerprint density at radius 2 is 1.62 bits per heavy atom. The average Bonchev–Trinajstić information content (AvgIpc) is 2.91. The second kappa shape index (κ2) is 11.0. The van der Waals surface area contributed by atoms with Crippen LogP contribution >= 0.6 is 0 Å². The third-order valence-electron chi connectivity index (χ3n) is 6.00. The summed E-state index contributed by atoms with van der Waals surface area (Å²) in [7, 11) is -1.23. The lowest BCUT2D eigenvalue weighted by Gasteiger charge is -2.26. The molecular weight excluding hydrogens is 496 g/mol. The van der Waals surface area contributed by atoms with Crippen LogP contribution in [0.15, 0.2) is 65.6 Å². The van der Waals surface area contributed by atoms with Crippen molar-refractivity contribution in [3.05, 3.63) is 71.8 Å². The molecule has 0 aromatic heterocycles. The number of rotatable bonds is 9. The van der Waals surface area contributed by atoms with Crippen LogP contribution in [0.1, 0.15) is 24.1 Å². The van der Waals surface area contributed by atoms with Gasteiger partial charge in [-0.3, -0.25) is 9.10 Å². The highest BCUT2D eigenvalue weighted by molar-refractivity contribution is 7.92. The van der Waals surface area contributed by atoms with Gasteiger partial charge in [-0.15, -0.1) is 0 Å². The van der Waals surface area contributed by atoms with E-state index in [0.717, 1.165) is 15.4 Å². The summed E-state index contributed by atoms with van der Waals surface area (Å²) < 4.78 is 50.3. The minimum absolute atomic E-state index is 0.0293. The van der Waals surface area contributed by atoms with Gasteiger partial charge in [0, 0.05) is 6.07 Å². The largest absolute Gasteiger partial charge is 0.493 e. The first-order valence-electron chi connectivity index (χ1n) is 11.7. The molecule has 37 heavy (non-hydrogen) atoms. The van der Waals surface area contributed by atoms with Crippen LogP contribution in [0, 0.1) is 6.92 Å². The molecule has 0 aliphatic carbocycles. The van der Waals surface area contributed by atoms with Crippen molar-refractivity contribution in [1.29, 1.82) is 0 Å². The van der Waals surface area contributed by atoms with E-state index in [2.05, 4.69) is 5.32 Å². The van der Waals surface area contributed by atoms with Gasteiger partial charge in [0.1, 0.15) is 19.8 Å². The van der Waals surface area contributed by atoms with E-state index in [1.54, 1.807) is 30.3 Å². The smallest absolute Gasteiger partial charge is 0.264 e. The maximum Gasteiger partial charge on any atom is 0.264 e. The van der Waals surface area contributed by atoms with Crippen LogP contribution in [0.25, 0.3) is 0 Å². The third-order valence-corrected chi connectivity index (χ3v) is 7.77. The minimum atomic E-state index is -4.13. The van der Waals surface area contributed by atoms with E-state index >= 15 is 0 Å². The number of amides is 1. The predicted molar refractivity (Wildman–Crippen MR) is 139 cm³/mol. The summed E-state index contributed by atoms with van der Waals surface area (Å²) in [6.45, 7) is 4.24. The lowest BCUT2D eigenvalue weighted by Crippen LogP contribution is -2.41. The first kappa shape index (κ1) is 26.2. The normalized spacial score (nSPS) is 13.4. The molecule has 1 atom stereocenters. The highest BCUT2D eigenvalue weighted by atomic mass is 32.2. The van der Waals surface area contributed by atoms with Crippen LogP contribution in [-0.4, -0.2) is 48.3 Å². The molecule has 3 aromatic rings. The number of aryl methyl sites for hydroxylation is 1. The number of hydrogen-bond donors (Lipinski definition) is 1. The summed E-state index contributed by atoms with van der Waals surface area (Å²) in [6.07, 6.45) is 0. The van der Waals surface area contributed by atoms with Gasteiger partial charge in [0.25, 0.3) is 10.0 Å². The van der Waals surface area contributed by atoms with E-state index < -0.39 is 28.5 Å². The SMILES string of the molecule is COc1ccc(S(=O)(=O)N(CC(=O)NC(C)c2ccc3c(c2)OCCO3)c2ccc(C)cc2)cc1OC. The number of benzene rings is 3. The summed E-state index contributed by atoms with van der Waals surface area (Å²) in [5.41, 5.74) is 2.13. The third kappa shape index (κ3) is 5.75. The van der Waals surface area contributed by atoms with Gasteiger partial charge in [-0.2, -0.15) is 0 Å².